The number of carbonyl (C=O) groups excluding carboxylic acids is 1. The van der Waals surface area contributed by atoms with Gasteiger partial charge >= 0.3 is 0 Å². The third-order valence-corrected chi connectivity index (χ3v) is 4.50. The van der Waals surface area contributed by atoms with Crippen molar-refractivity contribution in [3.63, 3.8) is 0 Å². The smallest absolute Gasteiger partial charge is 0.271 e. The van der Waals surface area contributed by atoms with Gasteiger partial charge in [-0.1, -0.05) is 41.9 Å². The zero-order valence-electron chi connectivity index (χ0n) is 16.7. The molecule has 5 nitrogen and oxygen atoms in total. The molecule has 0 radical (unpaired) electrons. The summed E-state index contributed by atoms with van der Waals surface area (Å²) >= 11 is 5.83. The Kier molecular flexibility index (Phi) is 7.86. The van der Waals surface area contributed by atoms with Crippen molar-refractivity contribution in [3.05, 3.63) is 94.5 Å². The minimum Gasteiger partial charge on any atom is -0.490 e. The molecule has 0 unspecified atom stereocenters. The van der Waals surface area contributed by atoms with Gasteiger partial charge in [0.05, 0.1) is 19.4 Å². The number of amides is 1. The predicted octanol–water partition coefficient (Wildman–Crippen LogP) is 5.12. The van der Waals surface area contributed by atoms with Gasteiger partial charge in [0.15, 0.2) is 11.5 Å². The number of nitrogens with one attached hydrogen (secondary N) is 1. The Bertz CT molecular complexity index is 989. The average Bonchev–Trinajstić information content (AvgIpc) is 2.76. The zero-order valence-corrected chi connectivity index (χ0v) is 17.4. The van der Waals surface area contributed by atoms with E-state index in [4.69, 9.17) is 21.1 Å². The monoisotopic (exact) mass is 422 g/mol. The molecule has 0 atom stereocenters. The van der Waals surface area contributed by atoms with Crippen molar-refractivity contribution in [2.45, 2.75) is 13.3 Å². The molecule has 0 fully saturated rings. The highest BCUT2D eigenvalue weighted by Crippen LogP contribution is 2.28. The Morgan fingerprint density at radius 3 is 2.50 bits per heavy atom. The van der Waals surface area contributed by atoms with Crippen LogP contribution in [0.25, 0.3) is 0 Å². The molecular formula is C24H23ClN2O3. The SMILES string of the molecule is CCOc1cc(/C=N/NC(=O)c2ccc(Cl)cc2)ccc1OCCc1ccccc1. The molecule has 0 aliphatic rings. The molecule has 154 valence electrons. The fourth-order valence-electron chi connectivity index (χ4n) is 2.75. The fourth-order valence-corrected chi connectivity index (χ4v) is 2.87. The molecule has 0 aliphatic carbocycles. The summed E-state index contributed by atoms with van der Waals surface area (Å²) in [4.78, 5) is 12.1. The summed E-state index contributed by atoms with van der Waals surface area (Å²) in [7, 11) is 0. The van der Waals surface area contributed by atoms with Crippen LogP contribution in [-0.2, 0) is 6.42 Å². The number of hydrogen-bond acceptors (Lipinski definition) is 4. The third-order valence-electron chi connectivity index (χ3n) is 4.24. The van der Waals surface area contributed by atoms with Crippen LogP contribution < -0.4 is 14.9 Å². The Hall–Kier alpha value is -3.31. The summed E-state index contributed by atoms with van der Waals surface area (Å²) in [5, 5.41) is 4.59. The Morgan fingerprint density at radius 1 is 1.00 bits per heavy atom. The van der Waals surface area contributed by atoms with Crippen LogP contribution in [0.15, 0.2) is 77.9 Å². The maximum Gasteiger partial charge on any atom is 0.271 e. The highest BCUT2D eigenvalue weighted by atomic mass is 35.5. The first kappa shape index (κ1) is 21.4. The number of carbonyl (C=O) groups is 1. The lowest BCUT2D eigenvalue weighted by Crippen LogP contribution is -2.17. The second-order valence-corrected chi connectivity index (χ2v) is 6.87. The van der Waals surface area contributed by atoms with Gasteiger partial charge in [-0.15, -0.1) is 0 Å². The van der Waals surface area contributed by atoms with E-state index in [0.717, 1.165) is 12.0 Å². The number of rotatable bonds is 9. The normalized spacial score (nSPS) is 10.7. The molecule has 3 aromatic rings. The molecule has 0 bridgehead atoms. The molecule has 3 rings (SSSR count). The molecule has 0 aliphatic heterocycles. The van der Waals surface area contributed by atoms with E-state index in [9.17, 15) is 4.79 Å². The lowest BCUT2D eigenvalue weighted by Gasteiger charge is -2.12. The van der Waals surface area contributed by atoms with Crippen LogP contribution in [0, 0.1) is 0 Å². The predicted molar refractivity (Wildman–Crippen MR) is 120 cm³/mol. The Morgan fingerprint density at radius 2 is 1.77 bits per heavy atom. The van der Waals surface area contributed by atoms with Gasteiger partial charge in [-0.25, -0.2) is 5.43 Å². The fraction of sp³-hybridized carbons (Fsp3) is 0.167. The molecule has 1 amide bonds. The maximum atomic E-state index is 12.1. The number of halogens is 1. The second kappa shape index (κ2) is 11.0. The number of ether oxygens (including phenoxy) is 2. The summed E-state index contributed by atoms with van der Waals surface area (Å²) in [6.07, 6.45) is 2.37. The van der Waals surface area contributed by atoms with Crippen LogP contribution in [0.2, 0.25) is 5.02 Å². The Labute approximate surface area is 181 Å². The number of benzene rings is 3. The summed E-state index contributed by atoms with van der Waals surface area (Å²) in [5.74, 6) is 1.00. The third kappa shape index (κ3) is 6.36. The molecule has 0 saturated heterocycles. The first-order chi connectivity index (χ1) is 14.7. The van der Waals surface area contributed by atoms with E-state index < -0.39 is 0 Å². The van der Waals surface area contributed by atoms with Crippen LogP contribution in [0.4, 0.5) is 0 Å². The summed E-state index contributed by atoms with van der Waals surface area (Å²) in [6.45, 7) is 2.98. The molecule has 1 N–H and O–H groups in total. The largest absolute Gasteiger partial charge is 0.490 e. The van der Waals surface area contributed by atoms with Crippen molar-refractivity contribution in [2.24, 2.45) is 5.10 Å². The van der Waals surface area contributed by atoms with Crippen LogP contribution in [0.3, 0.4) is 0 Å². The first-order valence-electron chi connectivity index (χ1n) is 9.68. The van der Waals surface area contributed by atoms with Gasteiger partial charge in [-0.3, -0.25) is 4.79 Å². The lowest BCUT2D eigenvalue weighted by atomic mass is 10.2. The standard InChI is InChI=1S/C24H23ClN2O3/c1-2-29-23-16-19(17-26-27-24(28)20-9-11-21(25)12-10-20)8-13-22(23)30-15-14-18-6-4-3-5-7-18/h3-13,16-17H,2,14-15H2,1H3,(H,27,28)/b26-17+. The highest BCUT2D eigenvalue weighted by molar-refractivity contribution is 6.30. The van der Waals surface area contributed by atoms with Crippen molar-refractivity contribution in [1.82, 2.24) is 5.43 Å². The molecule has 0 heterocycles. The molecule has 6 heteroatoms. The van der Waals surface area contributed by atoms with Gasteiger partial charge in [-0.05, 0) is 60.5 Å². The van der Waals surface area contributed by atoms with Crippen LogP contribution in [-0.4, -0.2) is 25.3 Å². The number of hydrazone groups is 1. The molecule has 0 saturated carbocycles. The minimum atomic E-state index is -0.311. The van der Waals surface area contributed by atoms with Crippen molar-refractivity contribution in [3.8, 4) is 11.5 Å². The molecule has 0 spiro atoms. The molecule has 0 aromatic heterocycles. The zero-order chi connectivity index (χ0) is 21.2. The lowest BCUT2D eigenvalue weighted by molar-refractivity contribution is 0.0955. The van der Waals surface area contributed by atoms with Crippen LogP contribution >= 0.6 is 11.6 Å². The summed E-state index contributed by atoms with van der Waals surface area (Å²) in [6, 6.07) is 22.3. The van der Waals surface area contributed by atoms with Crippen molar-refractivity contribution < 1.29 is 14.3 Å². The minimum absolute atomic E-state index is 0.311. The number of nitrogens with zero attached hydrogens (tertiary/aromatic N) is 1. The van der Waals surface area contributed by atoms with Crippen molar-refractivity contribution in [2.75, 3.05) is 13.2 Å². The van der Waals surface area contributed by atoms with Gasteiger partial charge in [0, 0.05) is 17.0 Å². The Balaban J connectivity index is 1.59. The molecular weight excluding hydrogens is 400 g/mol. The van der Waals surface area contributed by atoms with Gasteiger partial charge in [-0.2, -0.15) is 5.10 Å². The van der Waals surface area contributed by atoms with Gasteiger partial charge < -0.3 is 9.47 Å². The first-order valence-corrected chi connectivity index (χ1v) is 10.1. The molecule has 30 heavy (non-hydrogen) atoms. The van der Waals surface area contributed by atoms with E-state index in [0.29, 0.717) is 35.3 Å². The summed E-state index contributed by atoms with van der Waals surface area (Å²) in [5.41, 5.74) is 4.98. The van der Waals surface area contributed by atoms with E-state index in [1.807, 2.05) is 43.3 Å². The van der Waals surface area contributed by atoms with E-state index in [1.54, 1.807) is 30.5 Å². The van der Waals surface area contributed by atoms with Crippen LogP contribution in [0.5, 0.6) is 11.5 Å². The van der Waals surface area contributed by atoms with Crippen molar-refractivity contribution >= 4 is 23.7 Å². The summed E-state index contributed by atoms with van der Waals surface area (Å²) < 4.78 is 11.6. The maximum absolute atomic E-state index is 12.1. The highest BCUT2D eigenvalue weighted by Gasteiger charge is 2.07. The van der Waals surface area contributed by atoms with Gasteiger partial charge in [0.1, 0.15) is 0 Å². The van der Waals surface area contributed by atoms with Crippen LogP contribution in [0.1, 0.15) is 28.4 Å². The van der Waals surface area contributed by atoms with Gasteiger partial charge in [0.25, 0.3) is 5.91 Å². The van der Waals surface area contributed by atoms with E-state index >= 15 is 0 Å². The van der Waals surface area contributed by atoms with E-state index in [2.05, 4.69) is 22.7 Å². The van der Waals surface area contributed by atoms with E-state index in [-0.39, 0.29) is 5.91 Å². The number of hydrogen-bond donors (Lipinski definition) is 1. The van der Waals surface area contributed by atoms with Gasteiger partial charge in [0.2, 0.25) is 0 Å². The average molecular weight is 423 g/mol. The van der Waals surface area contributed by atoms with E-state index in [1.165, 1.54) is 5.56 Å². The molecule has 3 aromatic carbocycles. The van der Waals surface area contributed by atoms with Crippen molar-refractivity contribution in [1.29, 1.82) is 0 Å². The quantitative estimate of drug-likeness (QED) is 0.384. The second-order valence-electron chi connectivity index (χ2n) is 6.43. The topological polar surface area (TPSA) is 59.9 Å².